The van der Waals surface area contributed by atoms with Gasteiger partial charge in [0.1, 0.15) is 0 Å². The fourth-order valence-corrected chi connectivity index (χ4v) is 1.43. The van der Waals surface area contributed by atoms with E-state index >= 15 is 0 Å². The van der Waals surface area contributed by atoms with Crippen molar-refractivity contribution in [3.63, 3.8) is 0 Å². The maximum Gasteiger partial charge on any atom is 0.330 e. The number of allylic oxidation sites excluding steroid dienone is 2. The molecule has 4 nitrogen and oxygen atoms in total. The van der Waals surface area contributed by atoms with Crippen LogP contribution < -0.4 is 0 Å². The molecule has 0 saturated carbocycles. The van der Waals surface area contributed by atoms with Gasteiger partial charge in [0.05, 0.1) is 6.61 Å². The molecule has 4 heteroatoms. The Hall–Kier alpha value is -1.58. The SMILES string of the molecule is CCOC(=O)C=CCCCCCCC=CC(=O)O. The van der Waals surface area contributed by atoms with E-state index in [9.17, 15) is 9.59 Å². The van der Waals surface area contributed by atoms with Gasteiger partial charge in [-0.3, -0.25) is 0 Å². The molecular formula is C14H22O4. The maximum absolute atomic E-state index is 10.9. The van der Waals surface area contributed by atoms with Crippen molar-refractivity contribution in [3.8, 4) is 0 Å². The molecule has 18 heavy (non-hydrogen) atoms. The zero-order chi connectivity index (χ0) is 13.6. The van der Waals surface area contributed by atoms with Gasteiger partial charge >= 0.3 is 11.9 Å². The second-order valence-corrected chi connectivity index (χ2v) is 3.89. The summed E-state index contributed by atoms with van der Waals surface area (Å²) in [5, 5.41) is 8.36. The van der Waals surface area contributed by atoms with Gasteiger partial charge in [-0.1, -0.05) is 25.0 Å². The van der Waals surface area contributed by atoms with Crippen molar-refractivity contribution >= 4 is 11.9 Å². The summed E-state index contributed by atoms with van der Waals surface area (Å²) < 4.78 is 4.75. The monoisotopic (exact) mass is 254 g/mol. The van der Waals surface area contributed by atoms with Crippen LogP contribution >= 0.6 is 0 Å². The highest BCUT2D eigenvalue weighted by Crippen LogP contribution is 2.06. The van der Waals surface area contributed by atoms with Crippen molar-refractivity contribution in [2.75, 3.05) is 6.61 Å². The molecule has 102 valence electrons. The summed E-state index contributed by atoms with van der Waals surface area (Å²) >= 11 is 0. The Labute approximate surface area is 108 Å². The van der Waals surface area contributed by atoms with Gasteiger partial charge in [-0.25, -0.2) is 9.59 Å². The topological polar surface area (TPSA) is 63.6 Å². The van der Waals surface area contributed by atoms with Crippen molar-refractivity contribution in [3.05, 3.63) is 24.3 Å². The minimum atomic E-state index is -0.890. The molecule has 0 rings (SSSR count). The molecule has 0 amide bonds. The van der Waals surface area contributed by atoms with Crippen molar-refractivity contribution in [2.45, 2.75) is 45.4 Å². The van der Waals surface area contributed by atoms with Gasteiger partial charge in [-0.05, 0) is 32.6 Å². The van der Waals surface area contributed by atoms with Gasteiger partial charge < -0.3 is 9.84 Å². The predicted octanol–water partition coefficient (Wildman–Crippen LogP) is 3.09. The minimum absolute atomic E-state index is 0.281. The highest BCUT2D eigenvalue weighted by molar-refractivity contribution is 5.81. The third-order valence-corrected chi connectivity index (χ3v) is 2.29. The normalized spacial score (nSPS) is 11.2. The van der Waals surface area contributed by atoms with Crippen molar-refractivity contribution in [1.29, 1.82) is 0 Å². The number of aliphatic carboxylic acids is 1. The number of hydrogen-bond donors (Lipinski definition) is 1. The molecule has 0 aromatic carbocycles. The lowest BCUT2D eigenvalue weighted by Gasteiger charge is -1.97. The largest absolute Gasteiger partial charge is 0.478 e. The van der Waals surface area contributed by atoms with Crippen LogP contribution in [-0.4, -0.2) is 23.7 Å². The summed E-state index contributed by atoms with van der Waals surface area (Å²) in [6, 6.07) is 0. The first-order valence-corrected chi connectivity index (χ1v) is 6.39. The number of carbonyl (C=O) groups is 2. The summed E-state index contributed by atoms with van der Waals surface area (Å²) in [7, 11) is 0. The smallest absolute Gasteiger partial charge is 0.330 e. The fourth-order valence-electron chi connectivity index (χ4n) is 1.43. The van der Waals surface area contributed by atoms with Gasteiger partial charge in [-0.15, -0.1) is 0 Å². The van der Waals surface area contributed by atoms with Gasteiger partial charge in [0, 0.05) is 12.2 Å². The Kier molecular flexibility index (Phi) is 10.8. The fraction of sp³-hybridized carbons (Fsp3) is 0.571. The maximum atomic E-state index is 10.9. The van der Waals surface area contributed by atoms with Crippen LogP contribution in [-0.2, 0) is 14.3 Å². The number of esters is 1. The van der Waals surface area contributed by atoms with E-state index in [1.807, 2.05) is 6.08 Å². The number of unbranched alkanes of at least 4 members (excludes halogenated alkanes) is 5. The van der Waals surface area contributed by atoms with Crippen LogP contribution in [0, 0.1) is 0 Å². The second kappa shape index (κ2) is 11.9. The number of carboxylic acids is 1. The van der Waals surface area contributed by atoms with Crippen LogP contribution in [0.4, 0.5) is 0 Å². The van der Waals surface area contributed by atoms with Gasteiger partial charge in [0.15, 0.2) is 0 Å². The Balaban J connectivity index is 3.31. The first kappa shape index (κ1) is 16.4. The van der Waals surface area contributed by atoms with Crippen molar-refractivity contribution < 1.29 is 19.4 Å². The minimum Gasteiger partial charge on any atom is -0.478 e. The Morgan fingerprint density at radius 3 is 2.06 bits per heavy atom. The third-order valence-electron chi connectivity index (χ3n) is 2.29. The molecule has 0 heterocycles. The molecule has 0 aromatic heterocycles. The Morgan fingerprint density at radius 1 is 1.00 bits per heavy atom. The molecule has 0 unspecified atom stereocenters. The highest BCUT2D eigenvalue weighted by Gasteiger charge is 1.92. The van der Waals surface area contributed by atoms with Crippen LogP contribution in [0.2, 0.25) is 0 Å². The van der Waals surface area contributed by atoms with E-state index in [0.717, 1.165) is 38.5 Å². The van der Waals surface area contributed by atoms with Crippen LogP contribution in [0.1, 0.15) is 45.4 Å². The first-order chi connectivity index (χ1) is 8.66. The summed E-state index contributed by atoms with van der Waals surface area (Å²) in [4.78, 5) is 21.1. The van der Waals surface area contributed by atoms with E-state index in [1.165, 1.54) is 12.2 Å². The molecule has 0 bridgehead atoms. The number of carboxylic acid groups (broad SMARTS) is 1. The first-order valence-electron chi connectivity index (χ1n) is 6.39. The van der Waals surface area contributed by atoms with E-state index in [-0.39, 0.29) is 5.97 Å². The number of rotatable bonds is 10. The van der Waals surface area contributed by atoms with E-state index < -0.39 is 5.97 Å². The van der Waals surface area contributed by atoms with Gasteiger partial charge in [0.25, 0.3) is 0 Å². The van der Waals surface area contributed by atoms with Crippen LogP contribution in [0.25, 0.3) is 0 Å². The van der Waals surface area contributed by atoms with Gasteiger partial charge in [-0.2, -0.15) is 0 Å². The summed E-state index contributed by atoms with van der Waals surface area (Å²) in [6.45, 7) is 2.19. The molecule has 0 aliphatic rings. The van der Waals surface area contributed by atoms with Crippen molar-refractivity contribution in [2.24, 2.45) is 0 Å². The van der Waals surface area contributed by atoms with Crippen LogP contribution in [0.15, 0.2) is 24.3 Å². The zero-order valence-corrected chi connectivity index (χ0v) is 10.9. The van der Waals surface area contributed by atoms with E-state index in [4.69, 9.17) is 9.84 Å². The standard InChI is InChI=1S/C14H22O4/c1-2-18-14(17)12-10-8-6-4-3-5-7-9-11-13(15)16/h9-12H,2-8H2,1H3,(H,15,16). The molecule has 0 saturated heterocycles. The quantitative estimate of drug-likeness (QED) is 0.369. The van der Waals surface area contributed by atoms with E-state index in [2.05, 4.69) is 0 Å². The molecule has 0 aromatic rings. The Morgan fingerprint density at radius 2 is 1.56 bits per heavy atom. The van der Waals surface area contributed by atoms with E-state index in [0.29, 0.717) is 6.61 Å². The number of ether oxygens (including phenoxy) is 1. The lowest BCUT2D eigenvalue weighted by molar-refractivity contribution is -0.137. The molecule has 1 N–H and O–H groups in total. The molecule has 0 spiro atoms. The molecule has 0 aliphatic heterocycles. The summed E-state index contributed by atoms with van der Waals surface area (Å²) in [5.41, 5.74) is 0. The van der Waals surface area contributed by atoms with Gasteiger partial charge in [0.2, 0.25) is 0 Å². The average molecular weight is 254 g/mol. The van der Waals surface area contributed by atoms with Crippen molar-refractivity contribution in [1.82, 2.24) is 0 Å². The zero-order valence-electron chi connectivity index (χ0n) is 10.9. The molecule has 0 radical (unpaired) electrons. The highest BCUT2D eigenvalue weighted by atomic mass is 16.5. The summed E-state index contributed by atoms with van der Waals surface area (Å²) in [5.74, 6) is -1.17. The number of carbonyl (C=O) groups excluding carboxylic acids is 1. The van der Waals surface area contributed by atoms with Crippen LogP contribution in [0.3, 0.4) is 0 Å². The lowest BCUT2D eigenvalue weighted by atomic mass is 10.1. The Bertz CT molecular complexity index is 292. The lowest BCUT2D eigenvalue weighted by Crippen LogP contribution is -1.98. The molecule has 0 aliphatic carbocycles. The summed E-state index contributed by atoms with van der Waals surface area (Å²) in [6.07, 6.45) is 12.1. The van der Waals surface area contributed by atoms with Crippen LogP contribution in [0.5, 0.6) is 0 Å². The average Bonchev–Trinajstić information content (AvgIpc) is 2.31. The molecular weight excluding hydrogens is 232 g/mol. The van der Waals surface area contributed by atoms with E-state index in [1.54, 1.807) is 13.0 Å². The molecule has 0 atom stereocenters. The second-order valence-electron chi connectivity index (χ2n) is 3.89. The number of hydrogen-bond acceptors (Lipinski definition) is 3. The predicted molar refractivity (Wildman–Crippen MR) is 70.3 cm³/mol. The molecule has 0 fully saturated rings. The third kappa shape index (κ3) is 12.5.